The van der Waals surface area contributed by atoms with Crippen LogP contribution in [0.5, 0.6) is 0 Å². The SMILES string of the molecule is Cc1cccc(-c2nnc(C(C)Sc3ncnc4ccsc34)o2)c1. The van der Waals surface area contributed by atoms with Crippen LogP contribution >= 0.6 is 23.1 Å². The first-order valence-corrected chi connectivity index (χ1v) is 9.22. The van der Waals surface area contributed by atoms with E-state index in [2.05, 4.69) is 20.2 Å². The zero-order chi connectivity index (χ0) is 16.5. The summed E-state index contributed by atoms with van der Waals surface area (Å²) in [5.74, 6) is 1.14. The first-order valence-electron chi connectivity index (χ1n) is 7.46. The fourth-order valence-electron chi connectivity index (χ4n) is 2.36. The first-order chi connectivity index (χ1) is 11.7. The second-order valence-corrected chi connectivity index (χ2v) is 7.63. The molecule has 0 amide bonds. The van der Waals surface area contributed by atoms with Gasteiger partial charge in [0.2, 0.25) is 11.8 Å². The fraction of sp³-hybridized carbons (Fsp3) is 0.176. The van der Waals surface area contributed by atoms with E-state index in [1.54, 1.807) is 29.4 Å². The normalized spacial score (nSPS) is 12.6. The summed E-state index contributed by atoms with van der Waals surface area (Å²) < 4.78 is 6.96. The van der Waals surface area contributed by atoms with Crippen molar-refractivity contribution in [3.8, 4) is 11.5 Å². The smallest absolute Gasteiger partial charge is 0.247 e. The Balaban J connectivity index is 1.59. The maximum atomic E-state index is 5.87. The summed E-state index contributed by atoms with van der Waals surface area (Å²) in [6, 6.07) is 10.0. The van der Waals surface area contributed by atoms with Crippen LogP contribution in [0, 0.1) is 6.92 Å². The van der Waals surface area contributed by atoms with Crippen molar-refractivity contribution in [1.82, 2.24) is 20.2 Å². The highest BCUT2D eigenvalue weighted by Crippen LogP contribution is 2.38. The Morgan fingerprint density at radius 2 is 2.08 bits per heavy atom. The quantitative estimate of drug-likeness (QED) is 0.383. The molecule has 0 saturated heterocycles. The van der Waals surface area contributed by atoms with Crippen LogP contribution in [0.2, 0.25) is 0 Å². The van der Waals surface area contributed by atoms with Crippen molar-refractivity contribution < 1.29 is 4.42 Å². The molecule has 0 radical (unpaired) electrons. The maximum absolute atomic E-state index is 5.87. The molecule has 0 aliphatic carbocycles. The topological polar surface area (TPSA) is 64.7 Å². The number of aromatic nitrogens is 4. The lowest BCUT2D eigenvalue weighted by molar-refractivity contribution is 0.509. The molecule has 120 valence electrons. The van der Waals surface area contributed by atoms with Gasteiger partial charge in [-0.25, -0.2) is 9.97 Å². The lowest BCUT2D eigenvalue weighted by atomic mass is 10.1. The van der Waals surface area contributed by atoms with Gasteiger partial charge in [-0.15, -0.1) is 21.5 Å². The molecule has 1 atom stereocenters. The lowest BCUT2D eigenvalue weighted by Crippen LogP contribution is -1.91. The van der Waals surface area contributed by atoms with Gasteiger partial charge in [-0.2, -0.15) is 0 Å². The van der Waals surface area contributed by atoms with Crippen LogP contribution in [0.1, 0.15) is 23.6 Å². The summed E-state index contributed by atoms with van der Waals surface area (Å²) >= 11 is 3.25. The Morgan fingerprint density at radius 1 is 1.17 bits per heavy atom. The van der Waals surface area contributed by atoms with E-state index < -0.39 is 0 Å². The average molecular weight is 354 g/mol. The van der Waals surface area contributed by atoms with Gasteiger partial charge in [0.25, 0.3) is 0 Å². The van der Waals surface area contributed by atoms with Gasteiger partial charge in [0.1, 0.15) is 11.4 Å². The maximum Gasteiger partial charge on any atom is 0.247 e. The first kappa shape index (κ1) is 15.3. The molecule has 0 fully saturated rings. The zero-order valence-corrected chi connectivity index (χ0v) is 14.8. The molecule has 24 heavy (non-hydrogen) atoms. The van der Waals surface area contributed by atoms with E-state index in [9.17, 15) is 0 Å². The van der Waals surface area contributed by atoms with Crippen LogP contribution in [-0.2, 0) is 0 Å². The van der Waals surface area contributed by atoms with Crippen LogP contribution in [0.25, 0.3) is 21.7 Å². The minimum atomic E-state index is 0.0104. The van der Waals surface area contributed by atoms with Crippen LogP contribution < -0.4 is 0 Å². The van der Waals surface area contributed by atoms with Crippen molar-refractivity contribution in [3.63, 3.8) is 0 Å². The number of thioether (sulfide) groups is 1. The van der Waals surface area contributed by atoms with Crippen LogP contribution in [0.4, 0.5) is 0 Å². The zero-order valence-electron chi connectivity index (χ0n) is 13.1. The Kier molecular flexibility index (Phi) is 4.03. The Labute approximate surface area is 147 Å². The number of hydrogen-bond acceptors (Lipinski definition) is 7. The van der Waals surface area contributed by atoms with E-state index in [0.29, 0.717) is 11.8 Å². The van der Waals surface area contributed by atoms with Gasteiger partial charge in [0, 0.05) is 5.56 Å². The molecular formula is C17H14N4OS2. The second kappa shape index (κ2) is 6.33. The van der Waals surface area contributed by atoms with Crippen LogP contribution in [0.15, 0.2) is 51.5 Å². The highest BCUT2D eigenvalue weighted by atomic mass is 32.2. The van der Waals surface area contributed by atoms with Crippen molar-refractivity contribution in [2.45, 2.75) is 24.1 Å². The molecule has 0 saturated carbocycles. The summed E-state index contributed by atoms with van der Waals surface area (Å²) in [5, 5.41) is 11.4. The summed E-state index contributed by atoms with van der Waals surface area (Å²) in [5.41, 5.74) is 3.07. The summed E-state index contributed by atoms with van der Waals surface area (Å²) in [6.07, 6.45) is 1.59. The molecule has 1 unspecified atom stereocenters. The summed E-state index contributed by atoms with van der Waals surface area (Å²) in [6.45, 7) is 4.08. The third kappa shape index (κ3) is 2.92. The van der Waals surface area contributed by atoms with Gasteiger partial charge in [0.15, 0.2) is 0 Å². The highest BCUT2D eigenvalue weighted by molar-refractivity contribution is 7.99. The Hall–Kier alpha value is -2.25. The van der Waals surface area contributed by atoms with E-state index in [-0.39, 0.29) is 5.25 Å². The van der Waals surface area contributed by atoms with E-state index in [1.807, 2.05) is 49.6 Å². The molecule has 4 rings (SSSR count). The number of benzene rings is 1. The second-order valence-electron chi connectivity index (χ2n) is 5.39. The summed E-state index contributed by atoms with van der Waals surface area (Å²) in [7, 11) is 0. The Bertz CT molecular complexity index is 995. The number of hydrogen-bond donors (Lipinski definition) is 0. The predicted octanol–water partition coefficient (Wildman–Crippen LogP) is 4.90. The number of fused-ring (bicyclic) bond motifs is 1. The van der Waals surface area contributed by atoms with Crippen LogP contribution in [-0.4, -0.2) is 20.2 Å². The van der Waals surface area contributed by atoms with Crippen molar-refractivity contribution >= 4 is 33.3 Å². The van der Waals surface area contributed by atoms with Gasteiger partial charge in [-0.1, -0.05) is 29.5 Å². The highest BCUT2D eigenvalue weighted by Gasteiger charge is 2.18. The molecule has 3 aromatic heterocycles. The molecule has 0 aliphatic rings. The van der Waals surface area contributed by atoms with Crippen molar-refractivity contribution in [3.05, 3.63) is 53.5 Å². The van der Waals surface area contributed by atoms with E-state index in [0.717, 1.165) is 26.4 Å². The molecule has 3 heterocycles. The van der Waals surface area contributed by atoms with Gasteiger partial charge in [-0.3, -0.25) is 0 Å². The molecule has 0 spiro atoms. The molecule has 4 aromatic rings. The minimum absolute atomic E-state index is 0.0104. The minimum Gasteiger partial charge on any atom is -0.419 e. The number of rotatable bonds is 4. The van der Waals surface area contributed by atoms with Crippen molar-refractivity contribution in [2.24, 2.45) is 0 Å². The predicted molar refractivity (Wildman–Crippen MR) is 96.2 cm³/mol. The third-order valence-corrected chi connectivity index (χ3v) is 5.68. The van der Waals surface area contributed by atoms with E-state index >= 15 is 0 Å². The number of aryl methyl sites for hydroxylation is 1. The van der Waals surface area contributed by atoms with Gasteiger partial charge in [-0.05, 0) is 37.4 Å². The van der Waals surface area contributed by atoms with Crippen molar-refractivity contribution in [2.75, 3.05) is 0 Å². The molecule has 0 bridgehead atoms. The molecule has 5 nitrogen and oxygen atoms in total. The average Bonchev–Trinajstić information content (AvgIpc) is 3.25. The van der Waals surface area contributed by atoms with Gasteiger partial charge >= 0.3 is 0 Å². The van der Waals surface area contributed by atoms with Gasteiger partial charge < -0.3 is 4.42 Å². The Morgan fingerprint density at radius 3 is 2.96 bits per heavy atom. The number of nitrogens with zero attached hydrogens (tertiary/aromatic N) is 4. The molecular weight excluding hydrogens is 340 g/mol. The fourth-order valence-corrected chi connectivity index (χ4v) is 4.23. The standard InChI is InChI=1S/C17H14N4OS2/c1-10-4-3-5-12(8-10)16-21-20-15(22-16)11(2)24-17-14-13(6-7-23-14)18-9-19-17/h3-9,11H,1-2H3. The van der Waals surface area contributed by atoms with E-state index in [4.69, 9.17) is 4.42 Å². The lowest BCUT2D eigenvalue weighted by Gasteiger charge is -2.06. The number of thiophene rings is 1. The van der Waals surface area contributed by atoms with E-state index in [1.165, 1.54) is 0 Å². The molecule has 7 heteroatoms. The van der Waals surface area contributed by atoms with Crippen LogP contribution in [0.3, 0.4) is 0 Å². The third-order valence-electron chi connectivity index (χ3n) is 3.55. The molecule has 1 aromatic carbocycles. The van der Waals surface area contributed by atoms with Crippen molar-refractivity contribution in [1.29, 1.82) is 0 Å². The largest absolute Gasteiger partial charge is 0.419 e. The van der Waals surface area contributed by atoms with Gasteiger partial charge in [0.05, 0.1) is 15.5 Å². The molecule has 0 N–H and O–H groups in total. The summed E-state index contributed by atoms with van der Waals surface area (Å²) in [4.78, 5) is 8.66. The molecule has 0 aliphatic heterocycles. The monoisotopic (exact) mass is 354 g/mol.